The number of nitrogens with zero attached hydrogens (tertiary/aromatic N) is 2. The van der Waals surface area contributed by atoms with E-state index in [0.29, 0.717) is 11.3 Å². The number of hydrogen-bond acceptors (Lipinski definition) is 4. The van der Waals surface area contributed by atoms with Gasteiger partial charge in [0.15, 0.2) is 0 Å². The summed E-state index contributed by atoms with van der Waals surface area (Å²) in [7, 11) is 0. The molecule has 3 aromatic rings. The van der Waals surface area contributed by atoms with Gasteiger partial charge in [-0.15, -0.1) is 0 Å². The van der Waals surface area contributed by atoms with Gasteiger partial charge in [-0.1, -0.05) is 41.9 Å². The van der Waals surface area contributed by atoms with Crippen molar-refractivity contribution in [3.63, 3.8) is 0 Å². The minimum absolute atomic E-state index is 0.000831. The van der Waals surface area contributed by atoms with Crippen molar-refractivity contribution in [1.29, 1.82) is 0 Å². The van der Waals surface area contributed by atoms with E-state index in [1.54, 1.807) is 0 Å². The molecule has 0 saturated heterocycles. The topological polar surface area (TPSA) is 66.9 Å². The zero-order chi connectivity index (χ0) is 18.5. The molecule has 1 atom stereocenters. The first-order valence-electron chi connectivity index (χ1n) is 7.93. The lowest BCUT2D eigenvalue weighted by Gasteiger charge is -2.14. The minimum Gasteiger partial charge on any atom is -0.345 e. The maximum Gasteiger partial charge on any atom is 0.254 e. The van der Waals surface area contributed by atoms with Crippen LogP contribution in [0.1, 0.15) is 28.9 Å². The zero-order valence-electron chi connectivity index (χ0n) is 13.9. The highest BCUT2D eigenvalue weighted by Crippen LogP contribution is 2.21. The maximum atomic E-state index is 13.2. The Balaban J connectivity index is 1.65. The third-order valence-electron chi connectivity index (χ3n) is 3.74. The summed E-state index contributed by atoms with van der Waals surface area (Å²) in [6, 6.07) is 13.7. The highest BCUT2D eigenvalue weighted by molar-refractivity contribution is 6.31. The molecule has 1 amide bonds. The van der Waals surface area contributed by atoms with Crippen molar-refractivity contribution in [2.24, 2.45) is 0 Å². The summed E-state index contributed by atoms with van der Waals surface area (Å²) in [4.78, 5) is 20.5. The van der Waals surface area contributed by atoms with Crippen molar-refractivity contribution < 1.29 is 9.18 Å². The molecule has 0 fully saturated rings. The average molecular weight is 371 g/mol. The van der Waals surface area contributed by atoms with Crippen LogP contribution in [0.25, 0.3) is 0 Å². The fourth-order valence-corrected chi connectivity index (χ4v) is 2.50. The fourth-order valence-electron chi connectivity index (χ4n) is 2.32. The molecule has 1 aromatic heterocycles. The highest BCUT2D eigenvalue weighted by atomic mass is 35.5. The van der Waals surface area contributed by atoms with Crippen LogP contribution >= 0.6 is 11.6 Å². The van der Waals surface area contributed by atoms with Crippen LogP contribution in [0.4, 0.5) is 16.0 Å². The normalized spacial score (nSPS) is 11.7. The molecule has 0 radical (unpaired) electrons. The number of rotatable bonds is 5. The van der Waals surface area contributed by atoms with Crippen molar-refractivity contribution in [2.45, 2.75) is 13.0 Å². The molecule has 0 aliphatic heterocycles. The second kappa shape index (κ2) is 7.93. The van der Waals surface area contributed by atoms with Gasteiger partial charge in [-0.05, 0) is 30.7 Å². The first-order valence-corrected chi connectivity index (χ1v) is 8.30. The van der Waals surface area contributed by atoms with E-state index in [2.05, 4.69) is 20.6 Å². The number of halogens is 2. The van der Waals surface area contributed by atoms with E-state index < -0.39 is 5.82 Å². The third kappa shape index (κ3) is 4.34. The van der Waals surface area contributed by atoms with Crippen LogP contribution in [0.3, 0.4) is 0 Å². The van der Waals surface area contributed by atoms with E-state index in [4.69, 9.17) is 11.6 Å². The van der Waals surface area contributed by atoms with Gasteiger partial charge in [-0.3, -0.25) is 4.79 Å². The van der Waals surface area contributed by atoms with Crippen LogP contribution in [-0.4, -0.2) is 15.9 Å². The molecule has 5 nitrogen and oxygen atoms in total. The summed E-state index contributed by atoms with van der Waals surface area (Å²) in [5.74, 6) is -0.490. The number of anilines is 2. The standard InChI is InChI=1S/C19H16ClFN4O/c1-12(13-5-3-2-4-6-13)24-18(26)14-10-22-19(23-11-14)25-15-7-8-17(21)16(20)9-15/h2-12H,1H3,(H,24,26)(H,22,23,25). The maximum absolute atomic E-state index is 13.2. The van der Waals surface area contributed by atoms with Gasteiger partial charge in [0.2, 0.25) is 5.95 Å². The van der Waals surface area contributed by atoms with E-state index >= 15 is 0 Å². The largest absolute Gasteiger partial charge is 0.345 e. The van der Waals surface area contributed by atoms with Gasteiger partial charge in [0.25, 0.3) is 5.91 Å². The van der Waals surface area contributed by atoms with Crippen molar-refractivity contribution in [3.8, 4) is 0 Å². The summed E-state index contributed by atoms with van der Waals surface area (Å²) in [5.41, 5.74) is 1.90. The van der Waals surface area contributed by atoms with Crippen LogP contribution in [0.15, 0.2) is 60.9 Å². The number of carbonyl (C=O) groups is 1. The molecule has 1 unspecified atom stereocenters. The molecule has 3 rings (SSSR count). The lowest BCUT2D eigenvalue weighted by molar-refractivity contribution is 0.0939. The minimum atomic E-state index is -0.502. The number of amides is 1. The Morgan fingerprint density at radius 3 is 2.46 bits per heavy atom. The fraction of sp³-hybridized carbons (Fsp3) is 0.105. The molecule has 0 aliphatic carbocycles. The third-order valence-corrected chi connectivity index (χ3v) is 4.03. The number of aromatic nitrogens is 2. The number of hydrogen-bond donors (Lipinski definition) is 2. The molecule has 7 heteroatoms. The Bertz CT molecular complexity index is 903. The van der Waals surface area contributed by atoms with Gasteiger partial charge in [0.1, 0.15) is 5.82 Å². The molecule has 1 heterocycles. The molecular formula is C19H16ClFN4O. The lowest BCUT2D eigenvalue weighted by atomic mass is 10.1. The van der Waals surface area contributed by atoms with E-state index in [-0.39, 0.29) is 22.9 Å². The second-order valence-corrected chi connectivity index (χ2v) is 6.06. The first-order chi connectivity index (χ1) is 12.5. The molecular weight excluding hydrogens is 355 g/mol. The van der Waals surface area contributed by atoms with Gasteiger partial charge in [0, 0.05) is 18.1 Å². The molecule has 132 valence electrons. The average Bonchev–Trinajstić information content (AvgIpc) is 2.66. The van der Waals surface area contributed by atoms with E-state index in [9.17, 15) is 9.18 Å². The molecule has 26 heavy (non-hydrogen) atoms. The number of nitrogens with one attached hydrogen (secondary N) is 2. The monoisotopic (exact) mass is 370 g/mol. The van der Waals surface area contributed by atoms with Crippen LogP contribution in [0, 0.1) is 5.82 Å². The lowest BCUT2D eigenvalue weighted by Crippen LogP contribution is -2.26. The Morgan fingerprint density at radius 1 is 1.12 bits per heavy atom. The smallest absolute Gasteiger partial charge is 0.254 e. The van der Waals surface area contributed by atoms with E-state index in [1.165, 1.54) is 30.6 Å². The molecule has 2 aromatic carbocycles. The van der Waals surface area contributed by atoms with E-state index in [0.717, 1.165) is 5.56 Å². The van der Waals surface area contributed by atoms with Crippen molar-refractivity contribution in [1.82, 2.24) is 15.3 Å². The van der Waals surface area contributed by atoms with Crippen LogP contribution in [0.5, 0.6) is 0 Å². The summed E-state index contributed by atoms with van der Waals surface area (Å²) >= 11 is 5.74. The first kappa shape index (κ1) is 17.8. The predicted molar refractivity (Wildman–Crippen MR) is 99.0 cm³/mol. The summed E-state index contributed by atoms with van der Waals surface area (Å²) in [6.07, 6.45) is 2.85. The second-order valence-electron chi connectivity index (χ2n) is 5.66. The highest BCUT2D eigenvalue weighted by Gasteiger charge is 2.12. The number of benzene rings is 2. The SMILES string of the molecule is CC(NC(=O)c1cnc(Nc2ccc(F)c(Cl)c2)nc1)c1ccccc1. The van der Waals surface area contributed by atoms with Crippen molar-refractivity contribution in [3.05, 3.63) is 82.9 Å². The van der Waals surface area contributed by atoms with Crippen LogP contribution in [-0.2, 0) is 0 Å². The molecule has 0 bridgehead atoms. The molecule has 2 N–H and O–H groups in total. The summed E-state index contributed by atoms with van der Waals surface area (Å²) in [6.45, 7) is 1.91. The quantitative estimate of drug-likeness (QED) is 0.693. The Labute approximate surface area is 155 Å². The Morgan fingerprint density at radius 2 is 1.81 bits per heavy atom. The van der Waals surface area contributed by atoms with Gasteiger partial charge in [-0.2, -0.15) is 0 Å². The van der Waals surface area contributed by atoms with Gasteiger partial charge >= 0.3 is 0 Å². The Kier molecular flexibility index (Phi) is 5.43. The summed E-state index contributed by atoms with van der Waals surface area (Å²) < 4.78 is 13.2. The number of carbonyl (C=O) groups excluding carboxylic acids is 1. The van der Waals surface area contributed by atoms with Gasteiger partial charge in [0.05, 0.1) is 16.6 Å². The van der Waals surface area contributed by atoms with E-state index in [1.807, 2.05) is 37.3 Å². The Hall–Kier alpha value is -2.99. The summed E-state index contributed by atoms with van der Waals surface area (Å²) in [5, 5.41) is 5.80. The van der Waals surface area contributed by atoms with Gasteiger partial charge < -0.3 is 10.6 Å². The van der Waals surface area contributed by atoms with Gasteiger partial charge in [-0.25, -0.2) is 14.4 Å². The van der Waals surface area contributed by atoms with Crippen LogP contribution < -0.4 is 10.6 Å². The van der Waals surface area contributed by atoms with Crippen LogP contribution in [0.2, 0.25) is 5.02 Å². The molecule has 0 saturated carbocycles. The zero-order valence-corrected chi connectivity index (χ0v) is 14.7. The van der Waals surface area contributed by atoms with Crippen molar-refractivity contribution in [2.75, 3.05) is 5.32 Å². The van der Waals surface area contributed by atoms with Crippen molar-refractivity contribution >= 4 is 29.1 Å². The predicted octanol–water partition coefficient (Wildman–Crippen LogP) is 4.50. The molecule has 0 aliphatic rings. The molecule has 0 spiro atoms.